The van der Waals surface area contributed by atoms with Crippen molar-refractivity contribution >= 4 is 36.4 Å². The molecule has 0 aliphatic carbocycles. The number of amides is 2. The number of nitrogens with zero attached hydrogens (tertiary/aromatic N) is 1. The summed E-state index contributed by atoms with van der Waals surface area (Å²) >= 11 is 3.93. The molecule has 0 aliphatic rings. The molecule has 0 saturated heterocycles. The van der Waals surface area contributed by atoms with E-state index < -0.39 is 48.3 Å². The molecule has 7 N–H and O–H groups in total. The molecule has 25 heavy (non-hydrogen) atoms. The second-order valence-electron chi connectivity index (χ2n) is 5.13. The molecule has 1 aromatic heterocycles. The number of H-pyrrole nitrogens is 1. The van der Waals surface area contributed by atoms with Crippen LogP contribution < -0.4 is 16.4 Å². The number of hydrogen-bond acceptors (Lipinski definition) is 7. The third-order valence-corrected chi connectivity index (χ3v) is 3.51. The van der Waals surface area contributed by atoms with Crippen molar-refractivity contribution in [2.75, 3.05) is 5.75 Å². The normalized spacial score (nSPS) is 14.2. The number of nitrogens with one attached hydrogen (secondary N) is 3. The van der Waals surface area contributed by atoms with E-state index >= 15 is 0 Å². The van der Waals surface area contributed by atoms with E-state index in [9.17, 15) is 24.3 Å². The van der Waals surface area contributed by atoms with Gasteiger partial charge >= 0.3 is 11.9 Å². The lowest BCUT2D eigenvalue weighted by Crippen LogP contribution is -2.55. The van der Waals surface area contributed by atoms with Crippen molar-refractivity contribution in [1.82, 2.24) is 20.6 Å². The van der Waals surface area contributed by atoms with E-state index in [2.05, 4.69) is 33.2 Å². The van der Waals surface area contributed by atoms with Crippen molar-refractivity contribution in [1.29, 1.82) is 0 Å². The molecule has 0 aromatic carbocycles. The summed E-state index contributed by atoms with van der Waals surface area (Å²) in [5.74, 6) is -4.29. The van der Waals surface area contributed by atoms with Crippen molar-refractivity contribution < 1.29 is 29.4 Å². The van der Waals surface area contributed by atoms with Gasteiger partial charge in [-0.15, -0.1) is 0 Å². The van der Waals surface area contributed by atoms with Gasteiger partial charge in [-0.05, 0) is 0 Å². The molecule has 1 aromatic rings. The fourth-order valence-corrected chi connectivity index (χ4v) is 2.10. The van der Waals surface area contributed by atoms with Gasteiger partial charge in [-0.25, -0.2) is 9.78 Å². The number of carboxylic acids is 2. The zero-order chi connectivity index (χ0) is 19.0. The maximum atomic E-state index is 12.2. The van der Waals surface area contributed by atoms with Crippen molar-refractivity contribution in [2.24, 2.45) is 5.73 Å². The highest BCUT2D eigenvalue weighted by Gasteiger charge is 2.28. The van der Waals surface area contributed by atoms with Gasteiger partial charge in [-0.3, -0.25) is 14.4 Å². The molecule has 0 spiro atoms. The van der Waals surface area contributed by atoms with Crippen LogP contribution in [0.2, 0.25) is 0 Å². The number of aliphatic carboxylic acids is 2. The highest BCUT2D eigenvalue weighted by molar-refractivity contribution is 7.80. The van der Waals surface area contributed by atoms with Crippen molar-refractivity contribution in [3.63, 3.8) is 0 Å². The zero-order valence-electron chi connectivity index (χ0n) is 13.0. The summed E-state index contributed by atoms with van der Waals surface area (Å²) in [6.45, 7) is 0. The van der Waals surface area contributed by atoms with Gasteiger partial charge in [0.1, 0.15) is 12.1 Å². The van der Waals surface area contributed by atoms with Gasteiger partial charge in [0.25, 0.3) is 0 Å². The van der Waals surface area contributed by atoms with E-state index in [4.69, 9.17) is 10.8 Å². The number of nitrogens with two attached hydrogens (primary N) is 1. The average Bonchev–Trinajstić information content (AvgIpc) is 3.03. The first-order chi connectivity index (χ1) is 11.7. The van der Waals surface area contributed by atoms with Crippen LogP contribution >= 0.6 is 12.6 Å². The molecular weight excluding hydrogens is 354 g/mol. The van der Waals surface area contributed by atoms with Crippen LogP contribution in [-0.2, 0) is 25.6 Å². The Hall–Kier alpha value is -2.60. The molecule has 0 aliphatic heterocycles. The van der Waals surface area contributed by atoms with E-state index in [0.717, 1.165) is 0 Å². The molecule has 138 valence electrons. The van der Waals surface area contributed by atoms with Crippen molar-refractivity contribution in [2.45, 2.75) is 31.0 Å². The Morgan fingerprint density at radius 1 is 1.20 bits per heavy atom. The third-order valence-electron chi connectivity index (χ3n) is 3.14. The molecule has 1 rings (SSSR count). The maximum absolute atomic E-state index is 12.2. The van der Waals surface area contributed by atoms with Gasteiger partial charge in [-0.1, -0.05) is 0 Å². The van der Waals surface area contributed by atoms with Crippen LogP contribution in [0.25, 0.3) is 0 Å². The predicted molar refractivity (Wildman–Crippen MR) is 87.9 cm³/mol. The minimum atomic E-state index is -1.34. The summed E-state index contributed by atoms with van der Waals surface area (Å²) < 4.78 is 0. The number of carbonyl (C=O) groups excluding carboxylic acids is 2. The minimum absolute atomic E-state index is 0.0349. The Kier molecular flexibility index (Phi) is 7.88. The number of imidazole rings is 1. The molecule has 0 radical (unpaired) electrons. The second kappa shape index (κ2) is 9.64. The first-order valence-electron chi connectivity index (χ1n) is 7.13. The zero-order valence-corrected chi connectivity index (χ0v) is 13.9. The van der Waals surface area contributed by atoms with E-state index in [1.807, 2.05) is 0 Å². The lowest BCUT2D eigenvalue weighted by atomic mass is 10.1. The number of aromatic amines is 1. The highest BCUT2D eigenvalue weighted by Crippen LogP contribution is 2.01. The van der Waals surface area contributed by atoms with Gasteiger partial charge in [0.15, 0.2) is 0 Å². The number of hydrogen-bond donors (Lipinski definition) is 7. The molecule has 0 bridgehead atoms. The van der Waals surface area contributed by atoms with Crippen LogP contribution in [0.5, 0.6) is 0 Å². The van der Waals surface area contributed by atoms with Crippen LogP contribution in [-0.4, -0.2) is 67.8 Å². The molecule has 0 fully saturated rings. The van der Waals surface area contributed by atoms with Gasteiger partial charge in [-0.2, -0.15) is 12.6 Å². The Morgan fingerprint density at radius 2 is 1.84 bits per heavy atom. The molecule has 1 heterocycles. The molecule has 2 amide bonds. The Bertz CT molecular complexity index is 622. The summed E-state index contributed by atoms with van der Waals surface area (Å²) in [7, 11) is 0. The summed E-state index contributed by atoms with van der Waals surface area (Å²) in [5, 5.41) is 22.3. The van der Waals surface area contributed by atoms with Gasteiger partial charge in [0.05, 0.1) is 18.8 Å². The number of carbonyl (C=O) groups is 4. The first kappa shape index (κ1) is 20.4. The van der Waals surface area contributed by atoms with Gasteiger partial charge in [0.2, 0.25) is 11.8 Å². The van der Waals surface area contributed by atoms with E-state index in [1.165, 1.54) is 12.5 Å². The van der Waals surface area contributed by atoms with Crippen molar-refractivity contribution in [3.8, 4) is 0 Å². The summed E-state index contributed by atoms with van der Waals surface area (Å²) in [4.78, 5) is 52.3. The van der Waals surface area contributed by atoms with Crippen LogP contribution in [0, 0.1) is 0 Å². The maximum Gasteiger partial charge on any atom is 0.326 e. The van der Waals surface area contributed by atoms with Gasteiger partial charge in [0, 0.05) is 24.1 Å². The lowest BCUT2D eigenvalue weighted by Gasteiger charge is -2.21. The largest absolute Gasteiger partial charge is 0.481 e. The molecule has 3 unspecified atom stereocenters. The average molecular weight is 373 g/mol. The SMILES string of the molecule is NC(CC(=O)O)C(=O)NC(CS)C(=O)NC(Cc1cnc[nH]1)C(=O)O. The number of carboxylic acid groups (broad SMARTS) is 2. The van der Waals surface area contributed by atoms with E-state index in [1.54, 1.807) is 0 Å². The van der Waals surface area contributed by atoms with E-state index in [0.29, 0.717) is 5.69 Å². The molecular formula is C13H19N5O6S. The van der Waals surface area contributed by atoms with E-state index in [-0.39, 0.29) is 12.2 Å². The lowest BCUT2D eigenvalue weighted by molar-refractivity contribution is -0.142. The number of rotatable bonds is 10. The smallest absolute Gasteiger partial charge is 0.326 e. The third kappa shape index (κ3) is 6.81. The Balaban J connectivity index is 2.68. The summed E-state index contributed by atoms with van der Waals surface area (Å²) in [6.07, 6.45) is 2.15. The second-order valence-corrected chi connectivity index (χ2v) is 5.49. The summed E-state index contributed by atoms with van der Waals surface area (Å²) in [6, 6.07) is -3.76. The minimum Gasteiger partial charge on any atom is -0.481 e. The first-order valence-corrected chi connectivity index (χ1v) is 7.76. The van der Waals surface area contributed by atoms with Crippen LogP contribution in [0.15, 0.2) is 12.5 Å². The van der Waals surface area contributed by atoms with Gasteiger partial charge < -0.3 is 31.6 Å². The predicted octanol–water partition coefficient (Wildman–Crippen LogP) is -2.26. The monoisotopic (exact) mass is 373 g/mol. The standard InChI is InChI=1S/C13H19N5O6S/c14-7(2-10(19)20)11(21)18-9(4-25)12(22)17-8(13(23)24)1-6-3-15-5-16-6/h3,5,7-9,25H,1-2,4,14H2,(H,15,16)(H,17,22)(H,18,21)(H,19,20)(H,23,24). The quantitative estimate of drug-likeness (QED) is 0.224. The molecule has 3 atom stereocenters. The molecule has 0 saturated carbocycles. The van der Waals surface area contributed by atoms with Crippen LogP contribution in [0.1, 0.15) is 12.1 Å². The molecule has 11 nitrogen and oxygen atoms in total. The van der Waals surface area contributed by atoms with Crippen LogP contribution in [0.3, 0.4) is 0 Å². The fraction of sp³-hybridized carbons (Fsp3) is 0.462. The Labute approximate surface area is 147 Å². The number of thiol groups is 1. The molecule has 12 heteroatoms. The number of aromatic nitrogens is 2. The summed E-state index contributed by atoms with van der Waals surface area (Å²) in [5.41, 5.74) is 5.91. The highest BCUT2D eigenvalue weighted by atomic mass is 32.1. The van der Waals surface area contributed by atoms with Crippen molar-refractivity contribution in [3.05, 3.63) is 18.2 Å². The topological polar surface area (TPSA) is 188 Å². The Morgan fingerprint density at radius 3 is 2.32 bits per heavy atom. The van der Waals surface area contributed by atoms with Crippen LogP contribution in [0.4, 0.5) is 0 Å². The fourth-order valence-electron chi connectivity index (χ4n) is 1.84.